The zero-order valence-corrected chi connectivity index (χ0v) is 13.6. The lowest BCUT2D eigenvalue weighted by Crippen LogP contribution is -2.42. The van der Waals surface area contributed by atoms with Crippen molar-refractivity contribution in [2.75, 3.05) is 32.8 Å². The number of hydrogen-bond acceptors (Lipinski definition) is 5. The summed E-state index contributed by atoms with van der Waals surface area (Å²) in [6, 6.07) is -0.510. The molecule has 122 valence electrons. The van der Waals surface area contributed by atoms with Crippen molar-refractivity contribution in [1.29, 1.82) is 0 Å². The van der Waals surface area contributed by atoms with Crippen molar-refractivity contribution in [3.05, 3.63) is 0 Å². The van der Waals surface area contributed by atoms with Crippen LogP contribution in [0.15, 0.2) is 0 Å². The first-order chi connectivity index (χ1) is 9.78. The molecule has 0 spiro atoms. The molecular formula is C15H28N2O4. The molecule has 0 aromatic rings. The maximum absolute atomic E-state index is 12.0. The number of alkyl carbamates (subject to hydrolysis) is 1. The number of carbonyl (C=O) groups is 2. The monoisotopic (exact) mass is 300 g/mol. The van der Waals surface area contributed by atoms with E-state index < -0.39 is 17.7 Å². The molecule has 6 nitrogen and oxygen atoms in total. The Bertz CT molecular complexity index is 346. The Balaban J connectivity index is 2.19. The van der Waals surface area contributed by atoms with Gasteiger partial charge in [0.05, 0.1) is 19.3 Å². The van der Waals surface area contributed by atoms with E-state index in [1.807, 2.05) is 0 Å². The molecule has 0 radical (unpaired) electrons. The van der Waals surface area contributed by atoms with E-state index in [0.29, 0.717) is 6.42 Å². The van der Waals surface area contributed by atoms with E-state index in [4.69, 9.17) is 9.47 Å². The highest BCUT2D eigenvalue weighted by Crippen LogP contribution is 2.07. The van der Waals surface area contributed by atoms with Crippen LogP contribution in [0.4, 0.5) is 4.79 Å². The largest absolute Gasteiger partial charge is 0.444 e. The van der Waals surface area contributed by atoms with E-state index in [-0.39, 0.29) is 5.78 Å². The number of Topliss-reactive ketones (excluding diaryl/α,β-unsaturated/α-hetero) is 1. The van der Waals surface area contributed by atoms with Gasteiger partial charge in [-0.15, -0.1) is 0 Å². The van der Waals surface area contributed by atoms with E-state index in [2.05, 4.69) is 10.2 Å². The van der Waals surface area contributed by atoms with E-state index in [0.717, 1.165) is 39.3 Å². The first-order valence-corrected chi connectivity index (χ1v) is 7.60. The third-order valence-corrected chi connectivity index (χ3v) is 3.22. The minimum atomic E-state index is -0.552. The summed E-state index contributed by atoms with van der Waals surface area (Å²) in [5.74, 6) is 0.0362. The molecule has 1 amide bonds. The second-order valence-corrected chi connectivity index (χ2v) is 6.39. The van der Waals surface area contributed by atoms with Crippen molar-refractivity contribution in [1.82, 2.24) is 10.2 Å². The molecule has 1 saturated heterocycles. The third kappa shape index (κ3) is 8.02. The zero-order valence-electron chi connectivity index (χ0n) is 13.6. The number of nitrogens with zero attached hydrogens (tertiary/aromatic N) is 1. The van der Waals surface area contributed by atoms with Crippen molar-refractivity contribution in [3.8, 4) is 0 Å². The van der Waals surface area contributed by atoms with Crippen molar-refractivity contribution < 1.29 is 19.1 Å². The molecule has 21 heavy (non-hydrogen) atoms. The number of hydrogen-bond donors (Lipinski definition) is 1. The molecule has 1 aliphatic heterocycles. The van der Waals surface area contributed by atoms with Crippen molar-refractivity contribution in [2.24, 2.45) is 0 Å². The van der Waals surface area contributed by atoms with Gasteiger partial charge >= 0.3 is 6.09 Å². The highest BCUT2D eigenvalue weighted by Gasteiger charge is 2.21. The number of carbonyl (C=O) groups excluding carboxylic acids is 2. The van der Waals surface area contributed by atoms with Gasteiger partial charge in [-0.25, -0.2) is 4.79 Å². The minimum absolute atomic E-state index is 0.0362. The fourth-order valence-corrected chi connectivity index (χ4v) is 2.08. The fourth-order valence-electron chi connectivity index (χ4n) is 2.08. The summed E-state index contributed by atoms with van der Waals surface area (Å²) in [7, 11) is 0. The van der Waals surface area contributed by atoms with E-state index in [1.54, 1.807) is 27.7 Å². The molecule has 1 atom stereocenters. The Labute approximate surface area is 127 Å². The summed E-state index contributed by atoms with van der Waals surface area (Å²) in [6.45, 7) is 11.4. The van der Waals surface area contributed by atoms with Crippen LogP contribution in [-0.2, 0) is 14.3 Å². The minimum Gasteiger partial charge on any atom is -0.444 e. The number of rotatable bonds is 6. The molecule has 0 aromatic carbocycles. The van der Waals surface area contributed by atoms with Gasteiger partial charge in [-0.1, -0.05) is 0 Å². The van der Waals surface area contributed by atoms with Gasteiger partial charge in [0.2, 0.25) is 0 Å². The molecular weight excluding hydrogens is 272 g/mol. The molecule has 1 heterocycles. The molecule has 1 aliphatic rings. The predicted octanol–water partition coefficient (Wildman–Crippen LogP) is 1.58. The van der Waals surface area contributed by atoms with Gasteiger partial charge in [0.1, 0.15) is 5.60 Å². The molecule has 1 fully saturated rings. The Morgan fingerprint density at radius 2 is 1.90 bits per heavy atom. The van der Waals surface area contributed by atoms with Crippen LogP contribution in [-0.4, -0.2) is 61.3 Å². The molecule has 0 unspecified atom stereocenters. The van der Waals surface area contributed by atoms with E-state index in [1.165, 1.54) is 0 Å². The first-order valence-electron chi connectivity index (χ1n) is 7.60. The highest BCUT2D eigenvalue weighted by molar-refractivity contribution is 5.87. The Morgan fingerprint density at radius 1 is 1.29 bits per heavy atom. The van der Waals surface area contributed by atoms with Crippen LogP contribution < -0.4 is 5.32 Å². The third-order valence-electron chi connectivity index (χ3n) is 3.22. The summed E-state index contributed by atoms with van der Waals surface area (Å²) in [5.41, 5.74) is -0.552. The summed E-state index contributed by atoms with van der Waals surface area (Å²) in [5, 5.41) is 2.58. The summed E-state index contributed by atoms with van der Waals surface area (Å²) in [6.07, 6.45) is 0.726. The smallest absolute Gasteiger partial charge is 0.408 e. The second-order valence-electron chi connectivity index (χ2n) is 6.39. The molecule has 0 bridgehead atoms. The van der Waals surface area contributed by atoms with Crippen LogP contribution >= 0.6 is 0 Å². The van der Waals surface area contributed by atoms with Crippen LogP contribution in [0.2, 0.25) is 0 Å². The quantitative estimate of drug-likeness (QED) is 0.806. The number of ether oxygens (including phenoxy) is 2. The summed E-state index contributed by atoms with van der Waals surface area (Å²) < 4.78 is 10.4. The fraction of sp³-hybridized carbons (Fsp3) is 0.867. The normalized spacial score (nSPS) is 18.1. The SMILES string of the molecule is C[C@H](NC(=O)OC(C)(C)C)C(=O)CCCN1CCOCC1. The lowest BCUT2D eigenvalue weighted by atomic mass is 10.1. The molecule has 1 N–H and O–H groups in total. The van der Waals surface area contributed by atoms with E-state index in [9.17, 15) is 9.59 Å². The second kappa shape index (κ2) is 8.34. The first kappa shape index (κ1) is 17.9. The molecule has 0 saturated carbocycles. The van der Waals surface area contributed by atoms with Crippen LogP contribution in [0.3, 0.4) is 0 Å². The number of morpholine rings is 1. The van der Waals surface area contributed by atoms with Gasteiger partial charge in [0, 0.05) is 19.5 Å². The molecule has 0 aliphatic carbocycles. The molecule has 1 rings (SSSR count). The van der Waals surface area contributed by atoms with Crippen LogP contribution in [0, 0.1) is 0 Å². The van der Waals surface area contributed by atoms with Crippen LogP contribution in [0.1, 0.15) is 40.5 Å². The average molecular weight is 300 g/mol. The predicted molar refractivity (Wildman–Crippen MR) is 80.3 cm³/mol. The Morgan fingerprint density at radius 3 is 2.48 bits per heavy atom. The van der Waals surface area contributed by atoms with Crippen molar-refractivity contribution >= 4 is 11.9 Å². The topological polar surface area (TPSA) is 67.9 Å². The van der Waals surface area contributed by atoms with Gasteiger partial charge < -0.3 is 14.8 Å². The molecule has 6 heteroatoms. The van der Waals surface area contributed by atoms with Crippen LogP contribution in [0.5, 0.6) is 0 Å². The van der Waals surface area contributed by atoms with Gasteiger partial charge in [-0.05, 0) is 40.7 Å². The van der Waals surface area contributed by atoms with Gasteiger partial charge in [0.25, 0.3) is 0 Å². The zero-order chi connectivity index (χ0) is 15.9. The Hall–Kier alpha value is -1.14. The van der Waals surface area contributed by atoms with Crippen molar-refractivity contribution in [2.45, 2.75) is 52.2 Å². The highest BCUT2D eigenvalue weighted by atomic mass is 16.6. The van der Waals surface area contributed by atoms with Crippen LogP contribution in [0.25, 0.3) is 0 Å². The maximum Gasteiger partial charge on any atom is 0.408 e. The maximum atomic E-state index is 12.0. The number of ketones is 1. The number of amides is 1. The summed E-state index contributed by atoms with van der Waals surface area (Å²) in [4.78, 5) is 25.9. The van der Waals surface area contributed by atoms with Crippen molar-refractivity contribution in [3.63, 3.8) is 0 Å². The standard InChI is InChI=1S/C15H28N2O4/c1-12(16-14(19)21-15(2,3)4)13(18)6-5-7-17-8-10-20-11-9-17/h12H,5-11H2,1-4H3,(H,16,19)/t12-/m0/s1. The van der Waals surface area contributed by atoms with Gasteiger partial charge in [0.15, 0.2) is 5.78 Å². The van der Waals surface area contributed by atoms with Gasteiger partial charge in [-0.3, -0.25) is 9.69 Å². The van der Waals surface area contributed by atoms with E-state index >= 15 is 0 Å². The molecule has 0 aromatic heterocycles. The summed E-state index contributed by atoms with van der Waals surface area (Å²) >= 11 is 0. The Kier molecular flexibility index (Phi) is 7.11. The lowest BCUT2D eigenvalue weighted by molar-refractivity contribution is -0.120. The van der Waals surface area contributed by atoms with Gasteiger partial charge in [-0.2, -0.15) is 0 Å². The average Bonchev–Trinajstić information content (AvgIpc) is 2.37. The lowest BCUT2D eigenvalue weighted by Gasteiger charge is -2.26. The number of nitrogens with one attached hydrogen (secondary N) is 1.